The summed E-state index contributed by atoms with van der Waals surface area (Å²) in [6, 6.07) is 4.77. The smallest absolute Gasteiger partial charge is 0.323 e. The third-order valence-corrected chi connectivity index (χ3v) is 11.5. The van der Waals surface area contributed by atoms with E-state index < -0.39 is 21.3 Å². The van der Waals surface area contributed by atoms with Gasteiger partial charge in [-0.1, -0.05) is 76.0 Å². The summed E-state index contributed by atoms with van der Waals surface area (Å²) in [4.78, 5) is 32.4. The first kappa shape index (κ1) is 34.9. The molecule has 44 heavy (non-hydrogen) atoms. The highest BCUT2D eigenvalue weighted by molar-refractivity contribution is 7.90. The van der Waals surface area contributed by atoms with Crippen LogP contribution in [0, 0.1) is 17.8 Å². The van der Waals surface area contributed by atoms with Crippen molar-refractivity contribution < 1.29 is 22.7 Å². The van der Waals surface area contributed by atoms with Crippen LogP contribution in [0.5, 0.6) is 0 Å². The molecule has 1 aromatic carbocycles. The summed E-state index contributed by atoms with van der Waals surface area (Å²) in [5, 5.41) is 7.26. The average Bonchev–Trinajstić information content (AvgIpc) is 3.57. The van der Waals surface area contributed by atoms with Gasteiger partial charge in [-0.3, -0.25) is 9.59 Å². The van der Waals surface area contributed by atoms with E-state index in [1.54, 1.807) is 18.2 Å². The number of carbonyl (C=O) groups is 2. The molecule has 0 bridgehead atoms. The number of benzene rings is 1. The Balaban J connectivity index is 1.45. The maximum Gasteiger partial charge on any atom is 0.323 e. The van der Waals surface area contributed by atoms with Crippen LogP contribution >= 0.6 is 22.9 Å². The zero-order valence-corrected chi connectivity index (χ0v) is 29.3. The van der Waals surface area contributed by atoms with Crippen molar-refractivity contribution in [3.05, 3.63) is 28.9 Å². The highest BCUT2D eigenvalue weighted by Crippen LogP contribution is 2.40. The number of rotatable bonds is 12. The van der Waals surface area contributed by atoms with Gasteiger partial charge in [0.25, 0.3) is 0 Å². The molecule has 0 aliphatic heterocycles. The quantitative estimate of drug-likeness (QED) is 0.223. The number of ether oxygens (including phenoxy) is 1. The number of amides is 1. The highest BCUT2D eigenvalue weighted by atomic mass is 35.5. The summed E-state index contributed by atoms with van der Waals surface area (Å²) in [6.07, 6.45) is 12.1. The SMILES string of the molecule is Cc1nc(NC(=O)C(C)(C)CC(C)(C)C[C@H](NC2CCCCC2)C(=O)OC2CCCC2)sc1-c1ccc(Cl)c(S(C)(=O)=O)c1. The summed E-state index contributed by atoms with van der Waals surface area (Å²) in [5.41, 5.74) is 0.267. The molecule has 0 unspecified atom stereocenters. The minimum Gasteiger partial charge on any atom is -0.461 e. The van der Waals surface area contributed by atoms with Crippen molar-refractivity contribution in [2.24, 2.45) is 10.8 Å². The molecule has 2 aliphatic rings. The van der Waals surface area contributed by atoms with Gasteiger partial charge in [0.1, 0.15) is 12.1 Å². The van der Waals surface area contributed by atoms with E-state index in [4.69, 9.17) is 16.3 Å². The van der Waals surface area contributed by atoms with Crippen LogP contribution in [-0.2, 0) is 24.2 Å². The number of sulfone groups is 1. The van der Waals surface area contributed by atoms with E-state index in [0.29, 0.717) is 35.3 Å². The molecule has 4 rings (SSSR count). The Morgan fingerprint density at radius 3 is 2.34 bits per heavy atom. The Morgan fingerprint density at radius 1 is 1.07 bits per heavy atom. The number of aryl methyl sites for hydroxylation is 1. The first-order valence-electron chi connectivity index (χ1n) is 15.8. The Hall–Kier alpha value is -2.01. The molecule has 244 valence electrons. The molecule has 1 aromatic heterocycles. The number of nitrogens with zero attached hydrogens (tertiary/aromatic N) is 1. The van der Waals surface area contributed by atoms with Crippen molar-refractivity contribution in [2.45, 2.75) is 128 Å². The highest BCUT2D eigenvalue weighted by Gasteiger charge is 2.39. The molecule has 1 atom stereocenters. The van der Waals surface area contributed by atoms with Crippen LogP contribution in [0.2, 0.25) is 5.02 Å². The van der Waals surface area contributed by atoms with E-state index in [2.05, 4.69) is 29.5 Å². The monoisotopic (exact) mass is 665 g/mol. The fraction of sp³-hybridized carbons (Fsp3) is 0.667. The molecule has 2 fully saturated rings. The molecule has 11 heteroatoms. The van der Waals surface area contributed by atoms with Crippen molar-refractivity contribution in [1.29, 1.82) is 0 Å². The number of aromatic nitrogens is 1. The van der Waals surface area contributed by atoms with Gasteiger partial charge in [0.2, 0.25) is 5.91 Å². The van der Waals surface area contributed by atoms with E-state index in [1.165, 1.54) is 30.6 Å². The van der Waals surface area contributed by atoms with Crippen LogP contribution in [0.3, 0.4) is 0 Å². The van der Waals surface area contributed by atoms with Crippen molar-refractivity contribution in [2.75, 3.05) is 11.6 Å². The van der Waals surface area contributed by atoms with Crippen LogP contribution in [0.25, 0.3) is 10.4 Å². The predicted octanol–water partition coefficient (Wildman–Crippen LogP) is 7.72. The van der Waals surface area contributed by atoms with Gasteiger partial charge in [-0.25, -0.2) is 13.4 Å². The van der Waals surface area contributed by atoms with Gasteiger partial charge in [0.15, 0.2) is 15.0 Å². The average molecular weight is 666 g/mol. The number of esters is 1. The second-order valence-electron chi connectivity index (χ2n) is 14.1. The molecular formula is C33H48ClN3O5S2. The number of halogens is 1. The van der Waals surface area contributed by atoms with Crippen molar-refractivity contribution >= 4 is 49.8 Å². The molecule has 2 aliphatic carbocycles. The molecular weight excluding hydrogens is 618 g/mol. The van der Waals surface area contributed by atoms with Crippen molar-refractivity contribution in [3.8, 4) is 10.4 Å². The van der Waals surface area contributed by atoms with Crippen LogP contribution in [0.1, 0.15) is 104 Å². The zero-order valence-electron chi connectivity index (χ0n) is 26.9. The molecule has 0 spiro atoms. The molecule has 1 amide bonds. The van der Waals surface area contributed by atoms with Gasteiger partial charge in [-0.15, -0.1) is 0 Å². The number of hydrogen-bond acceptors (Lipinski definition) is 8. The fourth-order valence-electron chi connectivity index (χ4n) is 6.83. The maximum atomic E-state index is 13.6. The lowest BCUT2D eigenvalue weighted by atomic mass is 9.71. The lowest BCUT2D eigenvalue weighted by Crippen LogP contribution is -2.48. The second-order valence-corrected chi connectivity index (χ2v) is 17.5. The fourth-order valence-corrected chi connectivity index (χ4v) is 9.09. The van der Waals surface area contributed by atoms with Crippen LogP contribution in [-0.4, -0.2) is 49.7 Å². The van der Waals surface area contributed by atoms with Gasteiger partial charge in [0.05, 0.1) is 20.5 Å². The number of thiazole rings is 1. The van der Waals surface area contributed by atoms with Crippen LogP contribution in [0.15, 0.2) is 23.1 Å². The third kappa shape index (κ3) is 9.27. The summed E-state index contributed by atoms with van der Waals surface area (Å²) < 4.78 is 30.4. The molecule has 8 nitrogen and oxygen atoms in total. The lowest BCUT2D eigenvalue weighted by molar-refractivity contribution is -0.152. The number of nitrogens with one attached hydrogen (secondary N) is 2. The standard InChI is InChI=1S/C33H48ClN3O5S2/c1-21-28(22-16-17-25(34)27(18-22)44(6,40)41)43-31(35-21)37-30(39)33(4,5)20-32(2,3)19-26(36-23-12-8-7-9-13-23)29(38)42-24-14-10-11-15-24/h16-18,23-24,26,36H,7-15,19-20H2,1-6H3,(H,35,37,39)/t26-/m0/s1. The van der Waals surface area contributed by atoms with Gasteiger partial charge in [-0.05, 0) is 81.4 Å². The van der Waals surface area contributed by atoms with Gasteiger partial charge in [0, 0.05) is 17.7 Å². The Bertz CT molecular complexity index is 1440. The van der Waals surface area contributed by atoms with E-state index in [0.717, 1.165) is 49.7 Å². The van der Waals surface area contributed by atoms with Crippen molar-refractivity contribution in [1.82, 2.24) is 10.3 Å². The molecule has 2 aromatic rings. The molecule has 0 radical (unpaired) electrons. The zero-order chi connectivity index (χ0) is 32.3. The predicted molar refractivity (Wildman–Crippen MR) is 178 cm³/mol. The maximum absolute atomic E-state index is 13.6. The lowest BCUT2D eigenvalue weighted by Gasteiger charge is -2.37. The second kappa shape index (κ2) is 14.2. The van der Waals surface area contributed by atoms with E-state index in [-0.39, 0.29) is 33.3 Å². The number of hydrogen-bond donors (Lipinski definition) is 2. The molecule has 2 N–H and O–H groups in total. The summed E-state index contributed by atoms with van der Waals surface area (Å²) >= 11 is 7.44. The summed E-state index contributed by atoms with van der Waals surface area (Å²) in [5.74, 6) is -0.325. The normalized spacial score (nSPS) is 17.9. The van der Waals surface area contributed by atoms with E-state index >= 15 is 0 Å². The van der Waals surface area contributed by atoms with E-state index in [9.17, 15) is 18.0 Å². The molecule has 1 heterocycles. The van der Waals surface area contributed by atoms with E-state index in [1.807, 2.05) is 20.8 Å². The topological polar surface area (TPSA) is 114 Å². The first-order valence-corrected chi connectivity index (χ1v) is 18.9. The van der Waals surface area contributed by atoms with Crippen LogP contribution < -0.4 is 10.6 Å². The first-order chi connectivity index (χ1) is 20.5. The molecule has 2 saturated carbocycles. The number of carbonyl (C=O) groups excluding carboxylic acids is 2. The largest absolute Gasteiger partial charge is 0.461 e. The Kier molecular flexibility index (Phi) is 11.2. The molecule has 0 saturated heterocycles. The van der Waals surface area contributed by atoms with Gasteiger partial charge in [-0.2, -0.15) is 0 Å². The minimum absolute atomic E-state index is 0.0148. The van der Waals surface area contributed by atoms with Crippen LogP contribution in [0.4, 0.5) is 5.13 Å². The Morgan fingerprint density at radius 2 is 1.70 bits per heavy atom. The third-order valence-electron chi connectivity index (χ3n) is 8.81. The van der Waals surface area contributed by atoms with Crippen molar-refractivity contribution in [3.63, 3.8) is 0 Å². The van der Waals surface area contributed by atoms with Gasteiger partial charge >= 0.3 is 5.97 Å². The summed E-state index contributed by atoms with van der Waals surface area (Å²) in [6.45, 7) is 9.90. The van der Waals surface area contributed by atoms with Gasteiger partial charge < -0.3 is 15.4 Å². The Labute approximate surface area is 272 Å². The summed E-state index contributed by atoms with van der Waals surface area (Å²) in [7, 11) is -3.51. The minimum atomic E-state index is -3.51. The number of anilines is 1.